The topological polar surface area (TPSA) is 80.4 Å². The molecule has 0 spiro atoms. The van der Waals surface area contributed by atoms with Gasteiger partial charge in [0, 0.05) is 44.0 Å². The lowest BCUT2D eigenvalue weighted by Gasteiger charge is -2.42. The van der Waals surface area contributed by atoms with Crippen LogP contribution in [0.1, 0.15) is 36.3 Å². The molecule has 0 bridgehead atoms. The van der Waals surface area contributed by atoms with E-state index in [1.165, 1.54) is 12.1 Å². The van der Waals surface area contributed by atoms with Crippen LogP contribution in [0.5, 0.6) is 0 Å². The number of amides is 2. The van der Waals surface area contributed by atoms with E-state index in [1.54, 1.807) is 27.7 Å². The molecule has 2 amide bonds. The summed E-state index contributed by atoms with van der Waals surface area (Å²) in [5, 5.41) is 3.41. The fourth-order valence-electron chi connectivity index (χ4n) is 3.90. The number of nitrogens with zero attached hydrogens (tertiary/aromatic N) is 2. The lowest BCUT2D eigenvalue weighted by Crippen LogP contribution is -2.48. The zero-order valence-electron chi connectivity index (χ0n) is 17.0. The Balaban J connectivity index is 1.87. The molecule has 1 aromatic heterocycles. The fourth-order valence-corrected chi connectivity index (χ4v) is 3.90. The standard InChI is InChI=1S/C22H27FN4O2/c1-22(2)14-27(21(29)18-5-4-10-26(18)3)13-16(11-19(24)28)20(22)25-12-15-6-8-17(23)9-7-15/h4-10,25H,11-14H2,1-3H3,(H2,24,28). The molecule has 0 saturated heterocycles. The minimum atomic E-state index is -0.440. The van der Waals surface area contributed by atoms with E-state index in [2.05, 4.69) is 5.32 Å². The molecular weight excluding hydrogens is 371 g/mol. The molecule has 29 heavy (non-hydrogen) atoms. The summed E-state index contributed by atoms with van der Waals surface area (Å²) in [6, 6.07) is 9.90. The Bertz CT molecular complexity index is 944. The molecule has 154 valence electrons. The van der Waals surface area contributed by atoms with Gasteiger partial charge in [-0.2, -0.15) is 0 Å². The van der Waals surface area contributed by atoms with Gasteiger partial charge in [0.2, 0.25) is 5.91 Å². The van der Waals surface area contributed by atoms with Crippen LogP contribution < -0.4 is 11.1 Å². The van der Waals surface area contributed by atoms with Gasteiger partial charge in [0.1, 0.15) is 11.5 Å². The highest BCUT2D eigenvalue weighted by atomic mass is 19.1. The van der Waals surface area contributed by atoms with Crippen LogP contribution in [-0.4, -0.2) is 34.4 Å². The van der Waals surface area contributed by atoms with Gasteiger partial charge < -0.3 is 20.5 Å². The molecule has 0 fully saturated rings. The largest absolute Gasteiger partial charge is 0.384 e. The number of carbonyl (C=O) groups is 2. The summed E-state index contributed by atoms with van der Waals surface area (Å²) in [5.74, 6) is -0.801. The minimum Gasteiger partial charge on any atom is -0.384 e. The number of hydrogen-bond acceptors (Lipinski definition) is 3. The number of nitrogens with two attached hydrogens (primary N) is 1. The highest BCUT2D eigenvalue weighted by Gasteiger charge is 2.37. The zero-order valence-corrected chi connectivity index (χ0v) is 17.0. The summed E-state index contributed by atoms with van der Waals surface area (Å²) in [4.78, 5) is 26.5. The summed E-state index contributed by atoms with van der Waals surface area (Å²) in [6.07, 6.45) is 1.91. The molecule has 3 N–H and O–H groups in total. The van der Waals surface area contributed by atoms with E-state index in [0.717, 1.165) is 16.8 Å². The third-order valence-electron chi connectivity index (χ3n) is 5.22. The third kappa shape index (κ3) is 4.67. The van der Waals surface area contributed by atoms with Gasteiger partial charge in [0.15, 0.2) is 0 Å². The van der Waals surface area contributed by atoms with Crippen LogP contribution in [0.2, 0.25) is 0 Å². The maximum Gasteiger partial charge on any atom is 0.270 e. The fraction of sp³-hybridized carbons (Fsp3) is 0.364. The average molecular weight is 398 g/mol. The van der Waals surface area contributed by atoms with Crippen molar-refractivity contribution in [2.24, 2.45) is 18.2 Å². The number of rotatable bonds is 6. The van der Waals surface area contributed by atoms with Gasteiger partial charge in [-0.05, 0) is 35.4 Å². The number of benzene rings is 1. The summed E-state index contributed by atoms with van der Waals surface area (Å²) in [5.41, 5.74) is 8.33. The van der Waals surface area contributed by atoms with E-state index in [-0.39, 0.29) is 18.1 Å². The maximum absolute atomic E-state index is 13.2. The Morgan fingerprint density at radius 3 is 2.48 bits per heavy atom. The Labute approximate surface area is 170 Å². The van der Waals surface area contributed by atoms with E-state index < -0.39 is 11.3 Å². The quantitative estimate of drug-likeness (QED) is 0.785. The first kappa shape index (κ1) is 20.6. The Morgan fingerprint density at radius 1 is 1.21 bits per heavy atom. The van der Waals surface area contributed by atoms with Gasteiger partial charge in [-0.25, -0.2) is 4.39 Å². The van der Waals surface area contributed by atoms with Crippen molar-refractivity contribution < 1.29 is 14.0 Å². The average Bonchev–Trinajstić information content (AvgIpc) is 3.06. The van der Waals surface area contributed by atoms with E-state index in [1.807, 2.05) is 33.2 Å². The van der Waals surface area contributed by atoms with Gasteiger partial charge in [-0.3, -0.25) is 9.59 Å². The zero-order chi connectivity index (χ0) is 21.2. The molecule has 2 aromatic rings. The normalized spacial score (nSPS) is 16.1. The van der Waals surface area contributed by atoms with Crippen LogP contribution in [0, 0.1) is 11.2 Å². The number of nitrogens with one attached hydrogen (secondary N) is 1. The van der Waals surface area contributed by atoms with E-state index in [4.69, 9.17) is 5.73 Å². The summed E-state index contributed by atoms with van der Waals surface area (Å²) >= 11 is 0. The first-order valence-corrected chi connectivity index (χ1v) is 9.57. The van der Waals surface area contributed by atoms with Crippen LogP contribution in [-0.2, 0) is 18.4 Å². The Kier molecular flexibility index (Phi) is 5.77. The van der Waals surface area contributed by atoms with Crippen LogP contribution in [0.4, 0.5) is 4.39 Å². The van der Waals surface area contributed by atoms with Crippen molar-refractivity contribution in [2.45, 2.75) is 26.8 Å². The number of aryl methyl sites for hydroxylation is 1. The number of halogens is 1. The highest BCUT2D eigenvalue weighted by Crippen LogP contribution is 2.35. The Hall–Kier alpha value is -3.09. The molecule has 1 aliphatic rings. The molecule has 0 atom stereocenters. The van der Waals surface area contributed by atoms with Crippen LogP contribution in [0.3, 0.4) is 0 Å². The molecule has 1 aliphatic heterocycles. The lowest BCUT2D eigenvalue weighted by molar-refractivity contribution is -0.117. The first-order valence-electron chi connectivity index (χ1n) is 9.57. The molecule has 6 nitrogen and oxygen atoms in total. The second-order valence-electron chi connectivity index (χ2n) is 8.15. The second-order valence-corrected chi connectivity index (χ2v) is 8.15. The molecular formula is C22H27FN4O2. The van der Waals surface area contributed by atoms with Crippen LogP contribution in [0.25, 0.3) is 0 Å². The van der Waals surface area contributed by atoms with Gasteiger partial charge in [0.25, 0.3) is 5.91 Å². The minimum absolute atomic E-state index is 0.0755. The monoisotopic (exact) mass is 398 g/mol. The van der Waals surface area contributed by atoms with E-state index >= 15 is 0 Å². The molecule has 0 unspecified atom stereocenters. The smallest absolute Gasteiger partial charge is 0.270 e. The SMILES string of the molecule is Cn1cccc1C(=O)N1CC(CC(N)=O)=C(NCc2ccc(F)cc2)C(C)(C)C1. The Morgan fingerprint density at radius 2 is 1.90 bits per heavy atom. The van der Waals surface area contributed by atoms with Crippen LogP contribution >= 0.6 is 0 Å². The van der Waals surface area contributed by atoms with Gasteiger partial charge in [0.05, 0.1) is 6.42 Å². The number of primary amides is 1. The summed E-state index contributed by atoms with van der Waals surface area (Å²) in [7, 11) is 1.83. The molecule has 1 aromatic carbocycles. The molecule has 3 rings (SSSR count). The van der Waals surface area contributed by atoms with Crippen LogP contribution in [0.15, 0.2) is 53.9 Å². The number of carbonyl (C=O) groups excluding carboxylic acids is 2. The second kappa shape index (κ2) is 8.11. The van der Waals surface area contributed by atoms with Gasteiger partial charge >= 0.3 is 0 Å². The number of hydrogen-bond donors (Lipinski definition) is 2. The van der Waals surface area contributed by atoms with Gasteiger partial charge in [-0.1, -0.05) is 26.0 Å². The third-order valence-corrected chi connectivity index (χ3v) is 5.22. The first-order chi connectivity index (χ1) is 13.7. The predicted molar refractivity (Wildman–Crippen MR) is 109 cm³/mol. The molecule has 0 saturated carbocycles. The molecule has 0 radical (unpaired) electrons. The maximum atomic E-state index is 13.2. The molecule has 7 heteroatoms. The molecule has 2 heterocycles. The van der Waals surface area contributed by atoms with Crippen molar-refractivity contribution in [3.05, 3.63) is 70.9 Å². The van der Waals surface area contributed by atoms with Crippen molar-refractivity contribution in [1.82, 2.24) is 14.8 Å². The van der Waals surface area contributed by atoms with E-state index in [9.17, 15) is 14.0 Å². The van der Waals surface area contributed by atoms with E-state index in [0.29, 0.717) is 25.3 Å². The summed E-state index contributed by atoms with van der Waals surface area (Å²) < 4.78 is 14.9. The van der Waals surface area contributed by atoms with Crippen molar-refractivity contribution in [3.63, 3.8) is 0 Å². The van der Waals surface area contributed by atoms with Gasteiger partial charge in [-0.15, -0.1) is 0 Å². The van der Waals surface area contributed by atoms with Crippen molar-refractivity contribution in [3.8, 4) is 0 Å². The van der Waals surface area contributed by atoms with Crippen molar-refractivity contribution in [2.75, 3.05) is 13.1 Å². The highest BCUT2D eigenvalue weighted by molar-refractivity contribution is 5.93. The summed E-state index contributed by atoms with van der Waals surface area (Å²) in [6.45, 7) is 5.40. The van der Waals surface area contributed by atoms with Crippen molar-refractivity contribution >= 4 is 11.8 Å². The predicted octanol–water partition coefficient (Wildman–Crippen LogP) is 2.57. The van der Waals surface area contributed by atoms with Crippen molar-refractivity contribution in [1.29, 1.82) is 0 Å². The molecule has 0 aliphatic carbocycles. The number of aromatic nitrogens is 1. The lowest BCUT2D eigenvalue weighted by atomic mass is 9.81.